The number of anilines is 1. The number of nitrogens with zero attached hydrogens (tertiary/aromatic N) is 8. The first-order chi connectivity index (χ1) is 19.8. The molecule has 1 N–H and O–H groups in total. The first-order valence-corrected chi connectivity index (χ1v) is 13.7. The lowest BCUT2D eigenvalue weighted by atomic mass is 10.2. The molecule has 2 aliphatic rings. The average Bonchev–Trinajstić information content (AvgIpc) is 3.43. The smallest absolute Gasteiger partial charge is 0.338 e. The maximum absolute atomic E-state index is 14.7. The van der Waals surface area contributed by atoms with Crippen LogP contribution >= 0.6 is 23.2 Å². The van der Waals surface area contributed by atoms with Crippen LogP contribution in [-0.2, 0) is 4.79 Å². The molecule has 2 saturated heterocycles. The molecular weight excluding hydrogens is 576 g/mol. The van der Waals surface area contributed by atoms with E-state index in [1.807, 2.05) is 11.9 Å². The van der Waals surface area contributed by atoms with Crippen molar-refractivity contribution in [2.75, 3.05) is 57.9 Å². The molecule has 1 amide bonds. The van der Waals surface area contributed by atoms with Gasteiger partial charge in [0, 0.05) is 45.3 Å². The Morgan fingerprint density at radius 1 is 1.10 bits per heavy atom. The topological polar surface area (TPSA) is 116 Å². The van der Waals surface area contributed by atoms with E-state index in [1.165, 1.54) is 18.3 Å². The van der Waals surface area contributed by atoms with Gasteiger partial charge in [-0.2, -0.15) is 20.1 Å². The fourth-order valence-corrected chi connectivity index (χ4v) is 5.35. The highest BCUT2D eigenvalue weighted by Crippen LogP contribution is 2.41. The van der Waals surface area contributed by atoms with Gasteiger partial charge in [-0.3, -0.25) is 14.8 Å². The number of pyridine rings is 1. The minimum absolute atomic E-state index is 0.00719. The van der Waals surface area contributed by atoms with E-state index in [9.17, 15) is 9.18 Å². The number of ether oxygens (including phenoxy) is 1. The zero-order valence-electron chi connectivity index (χ0n) is 22.1. The molecular formula is C26H26Cl2FN9O3. The Labute approximate surface area is 244 Å². The molecule has 214 valence electrons. The van der Waals surface area contributed by atoms with Crippen molar-refractivity contribution in [2.24, 2.45) is 0 Å². The van der Waals surface area contributed by atoms with Crippen LogP contribution in [0.5, 0.6) is 17.6 Å². The van der Waals surface area contributed by atoms with Crippen LogP contribution in [-0.4, -0.2) is 98.9 Å². The van der Waals surface area contributed by atoms with Crippen molar-refractivity contribution < 1.29 is 18.8 Å². The quantitative estimate of drug-likeness (QED) is 0.258. The fourth-order valence-electron chi connectivity index (χ4n) is 4.97. The highest BCUT2D eigenvalue weighted by atomic mass is 35.5. The van der Waals surface area contributed by atoms with Crippen LogP contribution in [0.15, 0.2) is 31.0 Å². The first kappa shape index (κ1) is 27.4. The number of benzene rings is 1. The van der Waals surface area contributed by atoms with E-state index in [-0.39, 0.29) is 33.7 Å². The monoisotopic (exact) mass is 601 g/mol. The number of hydrogen-bond acceptors (Lipinski definition) is 10. The fraction of sp³-hybridized carbons (Fsp3) is 0.346. The van der Waals surface area contributed by atoms with E-state index in [4.69, 9.17) is 37.8 Å². The predicted molar refractivity (Wildman–Crippen MR) is 152 cm³/mol. The molecule has 3 aromatic heterocycles. The molecule has 0 atom stereocenters. The Bertz CT molecular complexity index is 1640. The summed E-state index contributed by atoms with van der Waals surface area (Å²) in [4.78, 5) is 37.9. The van der Waals surface area contributed by atoms with Gasteiger partial charge in [0.25, 0.3) is 0 Å². The van der Waals surface area contributed by atoms with Crippen molar-refractivity contribution >= 4 is 56.7 Å². The molecule has 6 rings (SSSR count). The van der Waals surface area contributed by atoms with Crippen molar-refractivity contribution in [3.63, 3.8) is 0 Å². The van der Waals surface area contributed by atoms with Crippen LogP contribution in [0.1, 0.15) is 6.42 Å². The van der Waals surface area contributed by atoms with Gasteiger partial charge in [0.15, 0.2) is 5.75 Å². The van der Waals surface area contributed by atoms with E-state index in [1.54, 1.807) is 16.0 Å². The summed E-state index contributed by atoms with van der Waals surface area (Å²) in [5.74, 6) is -0.272. The average molecular weight is 602 g/mol. The number of amides is 1. The molecule has 0 spiro atoms. The van der Waals surface area contributed by atoms with Crippen molar-refractivity contribution in [1.29, 1.82) is 0 Å². The standard InChI is InChI=1S/C26H26Cl2FN9O3/c1-3-20(39)36-7-9-37(10-8-36)24-15-11-19(27)31-25(40-23-16-13-30-34-18(16)12-17(29)21(23)28)22(15)32-26(33-24)41-38-6-4-5-35(2)14-38/h3,11-13H,1,4-10,14H2,2H3,(H,30,34). The number of aromatic amines is 1. The van der Waals surface area contributed by atoms with Crippen LogP contribution in [0.25, 0.3) is 21.8 Å². The summed E-state index contributed by atoms with van der Waals surface area (Å²) in [6.45, 7) is 7.75. The number of nitrogens with one attached hydrogen (secondary N) is 1. The highest BCUT2D eigenvalue weighted by Gasteiger charge is 2.27. The molecule has 0 radical (unpaired) electrons. The number of hydroxylamine groups is 2. The van der Waals surface area contributed by atoms with Gasteiger partial charge >= 0.3 is 6.01 Å². The summed E-state index contributed by atoms with van der Waals surface area (Å²) in [5, 5.41) is 9.34. The molecule has 5 heterocycles. The summed E-state index contributed by atoms with van der Waals surface area (Å²) in [5.41, 5.74) is 0.690. The Morgan fingerprint density at radius 3 is 2.66 bits per heavy atom. The van der Waals surface area contributed by atoms with Crippen molar-refractivity contribution in [3.05, 3.63) is 47.0 Å². The molecule has 12 nitrogen and oxygen atoms in total. The predicted octanol–water partition coefficient (Wildman–Crippen LogP) is 3.86. The summed E-state index contributed by atoms with van der Waals surface area (Å²) in [6.07, 6.45) is 3.70. The second kappa shape index (κ2) is 11.2. The number of fused-ring (bicyclic) bond motifs is 2. The van der Waals surface area contributed by atoms with Gasteiger partial charge in [-0.15, -0.1) is 5.06 Å². The van der Waals surface area contributed by atoms with E-state index < -0.39 is 5.82 Å². The number of H-pyrrole nitrogens is 1. The summed E-state index contributed by atoms with van der Waals surface area (Å²) >= 11 is 12.8. The summed E-state index contributed by atoms with van der Waals surface area (Å²) in [6, 6.07) is 2.96. The molecule has 41 heavy (non-hydrogen) atoms. The number of hydrogen-bond donors (Lipinski definition) is 1. The molecule has 0 aliphatic carbocycles. The van der Waals surface area contributed by atoms with Crippen molar-refractivity contribution in [2.45, 2.75) is 6.42 Å². The molecule has 2 fully saturated rings. The highest BCUT2D eigenvalue weighted by molar-refractivity contribution is 6.33. The second-order valence-electron chi connectivity index (χ2n) is 9.80. The Balaban J connectivity index is 1.45. The number of aromatic nitrogens is 5. The zero-order chi connectivity index (χ0) is 28.7. The molecule has 0 unspecified atom stereocenters. The summed E-state index contributed by atoms with van der Waals surface area (Å²) < 4.78 is 20.8. The second-order valence-corrected chi connectivity index (χ2v) is 10.6. The van der Waals surface area contributed by atoms with Crippen molar-refractivity contribution in [3.8, 4) is 17.6 Å². The molecule has 1 aromatic carbocycles. The minimum Gasteiger partial charge on any atom is -0.434 e. The third-order valence-corrected chi connectivity index (χ3v) is 7.54. The number of carbonyl (C=O) groups is 1. The minimum atomic E-state index is -0.690. The van der Waals surface area contributed by atoms with Gasteiger partial charge in [-0.05, 0) is 25.6 Å². The van der Waals surface area contributed by atoms with Gasteiger partial charge in [0.2, 0.25) is 11.8 Å². The molecule has 4 aromatic rings. The van der Waals surface area contributed by atoms with E-state index in [0.29, 0.717) is 67.0 Å². The van der Waals surface area contributed by atoms with Crippen LogP contribution in [0, 0.1) is 5.82 Å². The largest absolute Gasteiger partial charge is 0.434 e. The van der Waals surface area contributed by atoms with Crippen LogP contribution < -0.4 is 14.5 Å². The van der Waals surface area contributed by atoms with Crippen LogP contribution in [0.4, 0.5) is 10.2 Å². The van der Waals surface area contributed by atoms with Crippen molar-refractivity contribution in [1.82, 2.24) is 40.0 Å². The van der Waals surface area contributed by atoms with Crippen LogP contribution in [0.2, 0.25) is 10.2 Å². The normalized spacial score (nSPS) is 16.9. The number of piperazine rings is 1. The van der Waals surface area contributed by atoms with Gasteiger partial charge in [0.05, 0.1) is 29.2 Å². The van der Waals surface area contributed by atoms with E-state index in [0.717, 1.165) is 13.0 Å². The SMILES string of the molecule is C=CC(=O)N1CCN(c2nc(ON3CCCN(C)C3)nc3c(Oc4c(Cl)c(F)cc5[nH]ncc45)nc(Cl)cc23)CC1. The van der Waals surface area contributed by atoms with E-state index in [2.05, 4.69) is 31.6 Å². The number of halogens is 3. The maximum Gasteiger partial charge on any atom is 0.338 e. The van der Waals surface area contributed by atoms with E-state index >= 15 is 0 Å². The molecule has 0 bridgehead atoms. The van der Waals surface area contributed by atoms with Gasteiger partial charge < -0.3 is 19.4 Å². The Hall–Kier alpha value is -3.78. The van der Waals surface area contributed by atoms with Gasteiger partial charge in [-0.25, -0.2) is 4.39 Å². The lowest BCUT2D eigenvalue weighted by Crippen LogP contribution is -2.48. The Morgan fingerprint density at radius 2 is 1.90 bits per heavy atom. The zero-order valence-corrected chi connectivity index (χ0v) is 23.6. The first-order valence-electron chi connectivity index (χ1n) is 13.0. The Kier molecular flexibility index (Phi) is 7.51. The molecule has 0 saturated carbocycles. The number of rotatable bonds is 6. The summed E-state index contributed by atoms with van der Waals surface area (Å²) in [7, 11) is 2.00. The van der Waals surface area contributed by atoms with Gasteiger partial charge in [0.1, 0.15) is 27.3 Å². The van der Waals surface area contributed by atoms with Crippen LogP contribution in [0.3, 0.4) is 0 Å². The third-order valence-electron chi connectivity index (χ3n) is 6.99. The number of carbonyl (C=O) groups excluding carboxylic acids is 1. The maximum atomic E-state index is 14.7. The lowest BCUT2D eigenvalue weighted by Gasteiger charge is -2.35. The third kappa shape index (κ3) is 5.45. The molecule has 15 heteroatoms. The van der Waals surface area contributed by atoms with Gasteiger partial charge in [-0.1, -0.05) is 29.8 Å². The lowest BCUT2D eigenvalue weighted by molar-refractivity contribution is -0.126. The molecule has 2 aliphatic heterocycles.